The minimum Gasteiger partial charge on any atom is -0.395 e. The fourth-order valence-corrected chi connectivity index (χ4v) is 1.72. The molecular weight excluding hydrogens is 206 g/mol. The van der Waals surface area contributed by atoms with Gasteiger partial charge in [-0.05, 0) is 12.1 Å². The Bertz CT molecular complexity index is 467. The second kappa shape index (κ2) is 5.05. The van der Waals surface area contributed by atoms with Gasteiger partial charge in [-0.15, -0.1) is 0 Å². The lowest BCUT2D eigenvalue weighted by atomic mass is 10.4. The van der Waals surface area contributed by atoms with Crippen LogP contribution in [0.25, 0.3) is 11.2 Å². The first-order chi connectivity index (χ1) is 7.86. The molecule has 0 aliphatic rings. The van der Waals surface area contributed by atoms with Crippen LogP contribution in [0.3, 0.4) is 0 Å². The molecule has 0 saturated heterocycles. The first-order valence-electron chi connectivity index (χ1n) is 5.26. The zero-order valence-corrected chi connectivity index (χ0v) is 9.26. The SMILES string of the molecule is COCCc1nc2cccnc2n1CCO. The van der Waals surface area contributed by atoms with Crippen molar-refractivity contribution in [2.75, 3.05) is 20.3 Å². The molecule has 2 rings (SSSR count). The Hall–Kier alpha value is -1.46. The van der Waals surface area contributed by atoms with Crippen molar-refractivity contribution in [3.05, 3.63) is 24.2 Å². The number of ether oxygens (including phenoxy) is 1. The van der Waals surface area contributed by atoms with Gasteiger partial charge in [-0.3, -0.25) is 0 Å². The van der Waals surface area contributed by atoms with E-state index in [0.29, 0.717) is 13.2 Å². The highest BCUT2D eigenvalue weighted by atomic mass is 16.5. The van der Waals surface area contributed by atoms with Gasteiger partial charge in [-0.1, -0.05) is 0 Å². The van der Waals surface area contributed by atoms with Gasteiger partial charge >= 0.3 is 0 Å². The van der Waals surface area contributed by atoms with Crippen LogP contribution in [0.1, 0.15) is 5.82 Å². The topological polar surface area (TPSA) is 60.2 Å². The van der Waals surface area contributed by atoms with Crippen LogP contribution in [0, 0.1) is 0 Å². The molecule has 2 heterocycles. The van der Waals surface area contributed by atoms with Gasteiger partial charge in [0, 0.05) is 26.3 Å². The molecular formula is C11H15N3O2. The van der Waals surface area contributed by atoms with Crippen molar-refractivity contribution in [1.29, 1.82) is 0 Å². The molecule has 2 aromatic rings. The quantitative estimate of drug-likeness (QED) is 0.803. The van der Waals surface area contributed by atoms with Gasteiger partial charge in [0.25, 0.3) is 0 Å². The number of nitrogens with zero attached hydrogens (tertiary/aromatic N) is 3. The molecule has 0 aliphatic carbocycles. The summed E-state index contributed by atoms with van der Waals surface area (Å²) in [6.45, 7) is 1.23. The molecule has 0 atom stereocenters. The van der Waals surface area contributed by atoms with Crippen LogP contribution in [-0.4, -0.2) is 40.0 Å². The molecule has 0 bridgehead atoms. The summed E-state index contributed by atoms with van der Waals surface area (Å²) in [5, 5.41) is 9.04. The number of aliphatic hydroxyl groups is 1. The third-order valence-corrected chi connectivity index (χ3v) is 2.44. The second-order valence-corrected chi connectivity index (χ2v) is 3.49. The van der Waals surface area contributed by atoms with Crippen molar-refractivity contribution in [1.82, 2.24) is 14.5 Å². The van der Waals surface area contributed by atoms with E-state index in [2.05, 4.69) is 9.97 Å². The zero-order valence-electron chi connectivity index (χ0n) is 9.26. The minimum absolute atomic E-state index is 0.0853. The maximum Gasteiger partial charge on any atom is 0.160 e. The average Bonchev–Trinajstić information content (AvgIpc) is 2.66. The normalized spacial score (nSPS) is 11.1. The molecule has 0 spiro atoms. The monoisotopic (exact) mass is 221 g/mol. The first kappa shape index (κ1) is 11.0. The summed E-state index contributed by atoms with van der Waals surface area (Å²) in [5.74, 6) is 0.907. The number of imidazole rings is 1. The highest BCUT2D eigenvalue weighted by Gasteiger charge is 2.10. The number of hydrogen-bond donors (Lipinski definition) is 1. The fourth-order valence-electron chi connectivity index (χ4n) is 1.72. The van der Waals surface area contributed by atoms with Crippen LogP contribution >= 0.6 is 0 Å². The summed E-state index contributed by atoms with van der Waals surface area (Å²) < 4.78 is 6.98. The Balaban J connectivity index is 2.41. The average molecular weight is 221 g/mol. The summed E-state index contributed by atoms with van der Waals surface area (Å²) in [4.78, 5) is 8.76. The predicted molar refractivity (Wildman–Crippen MR) is 60.2 cm³/mol. The van der Waals surface area contributed by atoms with Gasteiger partial charge in [0.2, 0.25) is 0 Å². The number of methoxy groups -OCH3 is 1. The Kier molecular flexibility index (Phi) is 3.48. The second-order valence-electron chi connectivity index (χ2n) is 3.49. The van der Waals surface area contributed by atoms with Gasteiger partial charge in [-0.25, -0.2) is 9.97 Å². The fraction of sp³-hybridized carbons (Fsp3) is 0.455. The van der Waals surface area contributed by atoms with Gasteiger partial charge in [-0.2, -0.15) is 0 Å². The van der Waals surface area contributed by atoms with Crippen molar-refractivity contribution >= 4 is 11.2 Å². The van der Waals surface area contributed by atoms with E-state index in [0.717, 1.165) is 23.4 Å². The van der Waals surface area contributed by atoms with Crippen LogP contribution < -0.4 is 0 Å². The van der Waals surface area contributed by atoms with E-state index < -0.39 is 0 Å². The molecule has 0 aromatic carbocycles. The largest absolute Gasteiger partial charge is 0.395 e. The molecule has 16 heavy (non-hydrogen) atoms. The molecule has 5 nitrogen and oxygen atoms in total. The van der Waals surface area contributed by atoms with E-state index in [1.54, 1.807) is 13.3 Å². The lowest BCUT2D eigenvalue weighted by Crippen LogP contribution is -2.09. The van der Waals surface area contributed by atoms with Gasteiger partial charge in [0.05, 0.1) is 13.2 Å². The standard InChI is InChI=1S/C11H15N3O2/c1-16-8-4-10-13-9-3-2-5-12-11(9)14(10)6-7-15/h2-3,5,15H,4,6-8H2,1H3. The van der Waals surface area contributed by atoms with Crippen LogP contribution in [0.2, 0.25) is 0 Å². The van der Waals surface area contributed by atoms with Crippen molar-refractivity contribution in [3.63, 3.8) is 0 Å². The molecule has 5 heteroatoms. The molecule has 0 saturated carbocycles. The summed E-state index contributed by atoms with van der Waals surface area (Å²) in [6.07, 6.45) is 2.46. The van der Waals surface area contributed by atoms with Crippen LogP contribution in [-0.2, 0) is 17.7 Å². The third-order valence-electron chi connectivity index (χ3n) is 2.44. The van der Waals surface area contributed by atoms with E-state index in [-0.39, 0.29) is 6.61 Å². The third kappa shape index (κ3) is 2.05. The Morgan fingerprint density at radius 1 is 1.50 bits per heavy atom. The van der Waals surface area contributed by atoms with Crippen molar-refractivity contribution in [3.8, 4) is 0 Å². The Morgan fingerprint density at radius 2 is 2.38 bits per heavy atom. The number of aromatic nitrogens is 3. The van der Waals surface area contributed by atoms with E-state index in [9.17, 15) is 0 Å². The molecule has 0 fully saturated rings. The molecule has 2 aromatic heterocycles. The zero-order chi connectivity index (χ0) is 11.4. The van der Waals surface area contributed by atoms with Gasteiger partial charge in [0.1, 0.15) is 11.3 Å². The molecule has 1 N–H and O–H groups in total. The number of fused-ring (bicyclic) bond motifs is 1. The first-order valence-corrected chi connectivity index (χ1v) is 5.26. The van der Waals surface area contributed by atoms with E-state index in [4.69, 9.17) is 9.84 Å². The maximum atomic E-state index is 9.04. The van der Waals surface area contributed by atoms with Crippen molar-refractivity contribution < 1.29 is 9.84 Å². The van der Waals surface area contributed by atoms with E-state index in [1.807, 2.05) is 16.7 Å². The highest BCUT2D eigenvalue weighted by Crippen LogP contribution is 2.13. The van der Waals surface area contributed by atoms with Gasteiger partial charge < -0.3 is 14.4 Å². The lowest BCUT2D eigenvalue weighted by molar-refractivity contribution is 0.198. The molecule has 0 amide bonds. The van der Waals surface area contributed by atoms with Crippen molar-refractivity contribution in [2.45, 2.75) is 13.0 Å². The molecule has 86 valence electrons. The minimum atomic E-state index is 0.0853. The highest BCUT2D eigenvalue weighted by molar-refractivity contribution is 5.71. The summed E-state index contributed by atoms with van der Waals surface area (Å²) in [7, 11) is 1.66. The number of rotatable bonds is 5. The van der Waals surface area contributed by atoms with Crippen LogP contribution in [0.5, 0.6) is 0 Å². The van der Waals surface area contributed by atoms with E-state index >= 15 is 0 Å². The smallest absolute Gasteiger partial charge is 0.160 e. The van der Waals surface area contributed by atoms with Gasteiger partial charge in [0.15, 0.2) is 5.65 Å². The number of hydrogen-bond acceptors (Lipinski definition) is 4. The van der Waals surface area contributed by atoms with Crippen LogP contribution in [0.4, 0.5) is 0 Å². The Morgan fingerprint density at radius 3 is 3.12 bits per heavy atom. The lowest BCUT2D eigenvalue weighted by Gasteiger charge is -2.05. The van der Waals surface area contributed by atoms with Crippen molar-refractivity contribution in [2.24, 2.45) is 0 Å². The molecule has 0 radical (unpaired) electrons. The number of aliphatic hydroxyl groups excluding tert-OH is 1. The summed E-state index contributed by atoms with van der Waals surface area (Å²) >= 11 is 0. The van der Waals surface area contributed by atoms with E-state index in [1.165, 1.54) is 0 Å². The summed E-state index contributed by atoms with van der Waals surface area (Å²) in [6, 6.07) is 3.78. The van der Waals surface area contributed by atoms with Crippen LogP contribution in [0.15, 0.2) is 18.3 Å². The summed E-state index contributed by atoms with van der Waals surface area (Å²) in [5.41, 5.74) is 1.68. The molecule has 0 unspecified atom stereocenters. The molecule has 0 aliphatic heterocycles. The number of pyridine rings is 1. The predicted octanol–water partition coefficient (Wildman–Crippen LogP) is 0.613. The Labute approximate surface area is 93.7 Å². The maximum absolute atomic E-state index is 9.04.